The van der Waals surface area contributed by atoms with E-state index in [2.05, 4.69) is 15.8 Å². The molecule has 1 aliphatic rings. The molecule has 7 heteroatoms. The maximum Gasteiger partial charge on any atom is 0.277 e. The Bertz CT molecular complexity index is 946. The smallest absolute Gasteiger partial charge is 0.277 e. The number of hydrogen-bond donors (Lipinski definition) is 2. The summed E-state index contributed by atoms with van der Waals surface area (Å²) in [6, 6.07) is 16.6. The minimum atomic E-state index is -0.332. The summed E-state index contributed by atoms with van der Waals surface area (Å²) < 4.78 is 16.3. The molecular weight excluding hydrogens is 358 g/mol. The zero-order chi connectivity index (χ0) is 19.3. The van der Waals surface area contributed by atoms with E-state index in [1.165, 1.54) is 0 Å². The average molecular weight is 379 g/mol. The second-order valence-electron chi connectivity index (χ2n) is 6.45. The maximum absolute atomic E-state index is 12.5. The van der Waals surface area contributed by atoms with Gasteiger partial charge in [-0.1, -0.05) is 29.4 Å². The Balaban J connectivity index is 1.43. The van der Waals surface area contributed by atoms with Crippen molar-refractivity contribution in [2.24, 2.45) is 0 Å². The number of benzene rings is 2. The number of morpholine rings is 1. The Labute approximate surface area is 162 Å². The van der Waals surface area contributed by atoms with Crippen LogP contribution in [0.25, 0.3) is 11.3 Å². The summed E-state index contributed by atoms with van der Waals surface area (Å²) in [5.74, 6) is 0.875. The van der Waals surface area contributed by atoms with E-state index in [0.717, 1.165) is 24.2 Å². The van der Waals surface area contributed by atoms with Gasteiger partial charge < -0.3 is 24.6 Å². The molecule has 1 aliphatic heterocycles. The van der Waals surface area contributed by atoms with Crippen molar-refractivity contribution >= 4 is 11.6 Å². The van der Waals surface area contributed by atoms with Gasteiger partial charge in [0.15, 0.2) is 11.5 Å². The second kappa shape index (κ2) is 8.24. The molecule has 2 aromatic carbocycles. The van der Waals surface area contributed by atoms with Crippen LogP contribution in [-0.4, -0.2) is 37.9 Å². The Morgan fingerprint density at radius 2 is 2.07 bits per heavy atom. The van der Waals surface area contributed by atoms with Gasteiger partial charge in [0, 0.05) is 30.4 Å². The molecule has 0 bridgehead atoms. The van der Waals surface area contributed by atoms with Crippen LogP contribution in [-0.2, 0) is 4.74 Å². The van der Waals surface area contributed by atoms with Gasteiger partial charge in [0.1, 0.15) is 5.75 Å². The number of carbonyl (C=O) groups is 1. The van der Waals surface area contributed by atoms with Crippen LogP contribution in [0, 0.1) is 0 Å². The topological polar surface area (TPSA) is 85.6 Å². The third-order valence-corrected chi connectivity index (χ3v) is 4.56. The molecule has 1 atom stereocenters. The fourth-order valence-corrected chi connectivity index (χ4v) is 3.05. The zero-order valence-corrected chi connectivity index (χ0v) is 15.5. The van der Waals surface area contributed by atoms with Crippen LogP contribution in [0.15, 0.2) is 59.1 Å². The summed E-state index contributed by atoms with van der Waals surface area (Å²) >= 11 is 0. The van der Waals surface area contributed by atoms with Gasteiger partial charge in [-0.2, -0.15) is 0 Å². The number of nitrogens with one attached hydrogen (secondary N) is 2. The van der Waals surface area contributed by atoms with E-state index in [1.807, 2.05) is 48.5 Å². The molecule has 0 spiro atoms. The van der Waals surface area contributed by atoms with Gasteiger partial charge in [-0.15, -0.1) is 0 Å². The van der Waals surface area contributed by atoms with E-state index in [-0.39, 0.29) is 17.7 Å². The first-order valence-electron chi connectivity index (χ1n) is 9.08. The zero-order valence-electron chi connectivity index (χ0n) is 15.5. The molecule has 2 heterocycles. The van der Waals surface area contributed by atoms with Crippen molar-refractivity contribution in [2.75, 3.05) is 32.1 Å². The molecule has 1 unspecified atom stereocenters. The number of methoxy groups -OCH3 is 1. The summed E-state index contributed by atoms with van der Waals surface area (Å²) in [5.41, 5.74) is 2.76. The van der Waals surface area contributed by atoms with Crippen molar-refractivity contribution in [3.05, 3.63) is 65.9 Å². The standard InChI is InChI=1S/C21H21N3O4/c1-26-17-4-2-3-15(11-17)19-12-18(24-28-19)21(25)23-16-7-5-14(6-8-16)20-13-22-9-10-27-20/h2-8,11-12,20,22H,9-10,13H2,1H3,(H,23,25). The summed E-state index contributed by atoms with van der Waals surface area (Å²) in [7, 11) is 1.60. The third kappa shape index (κ3) is 4.05. The summed E-state index contributed by atoms with van der Waals surface area (Å²) in [6.07, 6.45) is 0.0412. The number of aromatic nitrogens is 1. The van der Waals surface area contributed by atoms with Crippen LogP contribution < -0.4 is 15.4 Å². The highest BCUT2D eigenvalue weighted by Gasteiger charge is 2.17. The highest BCUT2D eigenvalue weighted by atomic mass is 16.5. The molecular formula is C21H21N3O4. The number of hydrogen-bond acceptors (Lipinski definition) is 6. The predicted molar refractivity (Wildman–Crippen MR) is 104 cm³/mol. The van der Waals surface area contributed by atoms with Gasteiger partial charge in [-0.05, 0) is 29.8 Å². The molecule has 3 aromatic rings. The van der Waals surface area contributed by atoms with Gasteiger partial charge in [0.25, 0.3) is 5.91 Å². The SMILES string of the molecule is COc1cccc(-c2cc(C(=O)Nc3ccc(C4CNCCO4)cc3)no2)c1. The summed E-state index contributed by atoms with van der Waals surface area (Å²) in [4.78, 5) is 12.5. The first kappa shape index (κ1) is 18.2. The van der Waals surface area contributed by atoms with Crippen molar-refractivity contribution in [2.45, 2.75) is 6.10 Å². The fourth-order valence-electron chi connectivity index (χ4n) is 3.05. The number of rotatable bonds is 5. The molecule has 0 radical (unpaired) electrons. The molecule has 1 aromatic heterocycles. The molecule has 2 N–H and O–H groups in total. The van der Waals surface area contributed by atoms with Crippen LogP contribution in [0.4, 0.5) is 5.69 Å². The largest absolute Gasteiger partial charge is 0.497 e. The van der Waals surface area contributed by atoms with Crippen LogP contribution in [0.2, 0.25) is 0 Å². The van der Waals surface area contributed by atoms with Gasteiger partial charge >= 0.3 is 0 Å². The van der Waals surface area contributed by atoms with E-state index in [0.29, 0.717) is 23.8 Å². The first-order valence-corrected chi connectivity index (χ1v) is 9.08. The molecule has 0 aliphatic carbocycles. The van der Waals surface area contributed by atoms with Gasteiger partial charge in [-0.3, -0.25) is 4.79 Å². The lowest BCUT2D eigenvalue weighted by molar-refractivity contribution is 0.0277. The molecule has 144 valence electrons. The molecule has 1 fully saturated rings. The normalized spacial score (nSPS) is 16.5. The molecule has 7 nitrogen and oxygen atoms in total. The molecule has 4 rings (SSSR count). The van der Waals surface area contributed by atoms with Crippen molar-refractivity contribution in [1.82, 2.24) is 10.5 Å². The predicted octanol–water partition coefficient (Wildman–Crippen LogP) is 3.26. The second-order valence-corrected chi connectivity index (χ2v) is 6.45. The van der Waals surface area contributed by atoms with Crippen molar-refractivity contribution in [3.8, 4) is 17.1 Å². The average Bonchev–Trinajstić information content (AvgIpc) is 3.25. The monoisotopic (exact) mass is 379 g/mol. The Hall–Kier alpha value is -3.16. The lowest BCUT2D eigenvalue weighted by Gasteiger charge is -2.24. The minimum absolute atomic E-state index is 0.0412. The van der Waals surface area contributed by atoms with Crippen molar-refractivity contribution in [1.29, 1.82) is 0 Å². The van der Waals surface area contributed by atoms with Gasteiger partial charge in [0.2, 0.25) is 0 Å². The Morgan fingerprint density at radius 3 is 2.82 bits per heavy atom. The summed E-state index contributed by atoms with van der Waals surface area (Å²) in [5, 5.41) is 10.0. The fraction of sp³-hybridized carbons (Fsp3) is 0.238. The van der Waals surface area contributed by atoms with Crippen molar-refractivity contribution < 1.29 is 18.8 Å². The lowest BCUT2D eigenvalue weighted by Crippen LogP contribution is -2.33. The van der Waals surface area contributed by atoms with Crippen LogP contribution in [0.5, 0.6) is 5.75 Å². The number of amides is 1. The first-order chi connectivity index (χ1) is 13.7. The highest BCUT2D eigenvalue weighted by Crippen LogP contribution is 2.25. The van der Waals surface area contributed by atoms with Gasteiger partial charge in [0.05, 0.1) is 19.8 Å². The number of anilines is 1. The van der Waals surface area contributed by atoms with E-state index >= 15 is 0 Å². The molecule has 0 saturated carbocycles. The van der Waals surface area contributed by atoms with Crippen LogP contribution in [0.1, 0.15) is 22.2 Å². The Morgan fingerprint density at radius 1 is 1.21 bits per heavy atom. The third-order valence-electron chi connectivity index (χ3n) is 4.56. The van der Waals surface area contributed by atoms with E-state index in [1.54, 1.807) is 13.2 Å². The quantitative estimate of drug-likeness (QED) is 0.708. The minimum Gasteiger partial charge on any atom is -0.497 e. The van der Waals surface area contributed by atoms with E-state index in [4.69, 9.17) is 14.0 Å². The van der Waals surface area contributed by atoms with E-state index in [9.17, 15) is 4.79 Å². The van der Waals surface area contributed by atoms with Crippen molar-refractivity contribution in [3.63, 3.8) is 0 Å². The number of nitrogens with zero attached hydrogens (tertiary/aromatic N) is 1. The molecule has 1 amide bonds. The van der Waals surface area contributed by atoms with Crippen LogP contribution in [0.3, 0.4) is 0 Å². The molecule has 1 saturated heterocycles. The molecule has 28 heavy (non-hydrogen) atoms. The number of ether oxygens (including phenoxy) is 2. The van der Waals surface area contributed by atoms with Gasteiger partial charge in [-0.25, -0.2) is 0 Å². The Kier molecular flexibility index (Phi) is 5.36. The summed E-state index contributed by atoms with van der Waals surface area (Å²) in [6.45, 7) is 2.36. The van der Waals surface area contributed by atoms with Crippen LogP contribution >= 0.6 is 0 Å². The lowest BCUT2D eigenvalue weighted by atomic mass is 10.1. The number of carbonyl (C=O) groups excluding carboxylic acids is 1. The highest BCUT2D eigenvalue weighted by molar-refractivity contribution is 6.03. The maximum atomic E-state index is 12.5. The van der Waals surface area contributed by atoms with E-state index < -0.39 is 0 Å².